The van der Waals surface area contributed by atoms with Crippen molar-refractivity contribution in [2.75, 3.05) is 0 Å². The summed E-state index contributed by atoms with van der Waals surface area (Å²) in [6, 6.07) is 3.20. The molecule has 0 radical (unpaired) electrons. The Morgan fingerprint density at radius 3 is 2.74 bits per heavy atom. The number of rotatable bonds is 1. The summed E-state index contributed by atoms with van der Waals surface area (Å²) >= 11 is 0. The molecule has 100 valence electrons. The second-order valence-electron chi connectivity index (χ2n) is 4.91. The number of carbonyl (C=O) groups is 1. The Kier molecular flexibility index (Phi) is 2.86. The maximum absolute atomic E-state index is 13.3. The molecule has 2 atom stereocenters. The highest BCUT2D eigenvalue weighted by Crippen LogP contribution is 2.39. The van der Waals surface area contributed by atoms with Crippen molar-refractivity contribution in [2.24, 2.45) is 0 Å². The monoisotopic (exact) mass is 265 g/mol. The molecule has 1 N–H and O–H groups in total. The van der Waals surface area contributed by atoms with Crippen molar-refractivity contribution in [3.05, 3.63) is 47.2 Å². The minimum absolute atomic E-state index is 0.0344. The average Bonchev–Trinajstić information content (AvgIpc) is 2.73. The highest BCUT2D eigenvalue weighted by atomic mass is 19.2. The van der Waals surface area contributed by atoms with Gasteiger partial charge in [-0.1, -0.05) is 6.07 Å². The van der Waals surface area contributed by atoms with Crippen molar-refractivity contribution in [3.8, 4) is 0 Å². The van der Waals surface area contributed by atoms with Crippen LogP contribution in [0.5, 0.6) is 0 Å². The second-order valence-corrected chi connectivity index (χ2v) is 4.91. The third-order valence-electron chi connectivity index (χ3n) is 3.66. The molecule has 1 fully saturated rings. The molecule has 1 aromatic carbocycles. The van der Waals surface area contributed by atoms with E-state index < -0.39 is 23.8 Å². The number of amides is 1. The summed E-state index contributed by atoms with van der Waals surface area (Å²) in [4.78, 5) is 13.5. The Balaban J connectivity index is 2.01. The molecule has 2 unspecified atom stereocenters. The molecular weight excluding hydrogens is 252 g/mol. The smallest absolute Gasteiger partial charge is 0.227 e. The van der Waals surface area contributed by atoms with Crippen LogP contribution >= 0.6 is 0 Å². The summed E-state index contributed by atoms with van der Waals surface area (Å²) in [6.07, 6.45) is 2.31. The zero-order valence-electron chi connectivity index (χ0n) is 10.1. The van der Waals surface area contributed by atoms with Gasteiger partial charge in [0, 0.05) is 18.5 Å². The topological polar surface area (TPSA) is 40.5 Å². The van der Waals surface area contributed by atoms with Gasteiger partial charge in [0.15, 0.2) is 11.6 Å². The molecule has 3 nitrogen and oxygen atoms in total. The first-order valence-corrected chi connectivity index (χ1v) is 6.22. The Morgan fingerprint density at radius 2 is 2.00 bits per heavy atom. The fraction of sp³-hybridized carbons (Fsp3) is 0.357. The third-order valence-corrected chi connectivity index (χ3v) is 3.66. The Bertz CT molecular complexity index is 571. The molecular formula is C14H13F2NO2. The molecule has 0 aliphatic carbocycles. The van der Waals surface area contributed by atoms with Gasteiger partial charge in [-0.15, -0.1) is 0 Å². The van der Waals surface area contributed by atoms with Crippen LogP contribution < -0.4 is 0 Å². The zero-order chi connectivity index (χ0) is 13.6. The molecule has 1 saturated heterocycles. The van der Waals surface area contributed by atoms with Gasteiger partial charge in [0.1, 0.15) is 0 Å². The molecule has 0 spiro atoms. The van der Waals surface area contributed by atoms with Crippen LogP contribution in [0.15, 0.2) is 30.0 Å². The molecule has 5 heteroatoms. The summed E-state index contributed by atoms with van der Waals surface area (Å²) < 4.78 is 26.3. The molecule has 1 aromatic rings. The number of aliphatic hydroxyl groups excluding tert-OH is 1. The Labute approximate surface area is 109 Å². The number of hydrogen-bond donors (Lipinski definition) is 1. The average molecular weight is 265 g/mol. The van der Waals surface area contributed by atoms with Crippen LogP contribution in [0.1, 0.15) is 30.9 Å². The number of carbonyl (C=O) groups excluding carboxylic acids is 1. The van der Waals surface area contributed by atoms with Gasteiger partial charge in [0.25, 0.3) is 0 Å². The lowest BCUT2D eigenvalue weighted by atomic mass is 9.95. The zero-order valence-corrected chi connectivity index (χ0v) is 10.1. The van der Waals surface area contributed by atoms with Gasteiger partial charge in [-0.2, -0.15) is 0 Å². The van der Waals surface area contributed by atoms with Crippen LogP contribution in [-0.4, -0.2) is 22.0 Å². The van der Waals surface area contributed by atoms with Crippen molar-refractivity contribution in [2.45, 2.75) is 31.4 Å². The summed E-state index contributed by atoms with van der Waals surface area (Å²) in [5.74, 6) is -1.88. The van der Waals surface area contributed by atoms with Crippen LogP contribution in [0.2, 0.25) is 0 Å². The van der Waals surface area contributed by atoms with E-state index in [0.29, 0.717) is 24.8 Å². The van der Waals surface area contributed by atoms with Gasteiger partial charge >= 0.3 is 0 Å². The second kappa shape index (κ2) is 4.42. The van der Waals surface area contributed by atoms with Gasteiger partial charge < -0.3 is 10.0 Å². The number of nitrogens with zero attached hydrogens (tertiary/aromatic N) is 1. The van der Waals surface area contributed by atoms with E-state index in [1.165, 1.54) is 6.07 Å². The molecule has 3 rings (SSSR count). The number of allylic oxidation sites excluding steroid dienone is 1. The standard InChI is InChI=1S/C14H13F2NO2/c15-11-3-1-8(5-12(11)16)13-7-10(18)6-9-2-4-14(19)17(9)13/h1,3,5-6,10,13,18H,2,4,7H2. The maximum atomic E-state index is 13.3. The first-order chi connectivity index (χ1) is 9.06. The van der Waals surface area contributed by atoms with E-state index in [9.17, 15) is 18.7 Å². The molecule has 2 aliphatic heterocycles. The molecule has 19 heavy (non-hydrogen) atoms. The van der Waals surface area contributed by atoms with Gasteiger partial charge in [-0.05, 0) is 30.2 Å². The van der Waals surface area contributed by atoms with Crippen molar-refractivity contribution >= 4 is 5.91 Å². The normalized spacial score (nSPS) is 26.4. The van der Waals surface area contributed by atoms with Crippen LogP contribution in [0, 0.1) is 11.6 Å². The third kappa shape index (κ3) is 2.04. The fourth-order valence-corrected chi connectivity index (χ4v) is 2.80. The van der Waals surface area contributed by atoms with Crippen LogP contribution in [-0.2, 0) is 4.79 Å². The minimum atomic E-state index is -0.935. The number of aliphatic hydroxyl groups is 1. The highest BCUT2D eigenvalue weighted by Gasteiger charge is 2.37. The number of benzene rings is 1. The fourth-order valence-electron chi connectivity index (χ4n) is 2.80. The van der Waals surface area contributed by atoms with Crippen molar-refractivity contribution in [1.29, 1.82) is 0 Å². The van der Waals surface area contributed by atoms with Crippen LogP contribution in [0.25, 0.3) is 0 Å². The van der Waals surface area contributed by atoms with E-state index in [4.69, 9.17) is 0 Å². The van der Waals surface area contributed by atoms with Gasteiger partial charge in [0.05, 0.1) is 12.1 Å². The van der Waals surface area contributed by atoms with Crippen molar-refractivity contribution in [1.82, 2.24) is 4.90 Å². The highest BCUT2D eigenvalue weighted by molar-refractivity contribution is 5.82. The lowest BCUT2D eigenvalue weighted by Gasteiger charge is -2.34. The summed E-state index contributed by atoms with van der Waals surface area (Å²) in [5, 5.41) is 9.82. The SMILES string of the molecule is O=C1CCC2=CC(O)CC(c3ccc(F)c(F)c3)N12. The summed E-state index contributed by atoms with van der Waals surface area (Å²) in [7, 11) is 0. The Hall–Kier alpha value is -1.75. The first kappa shape index (κ1) is 12.3. The molecule has 2 aliphatic rings. The quantitative estimate of drug-likeness (QED) is 0.846. The number of fused-ring (bicyclic) bond motifs is 1. The van der Waals surface area contributed by atoms with Crippen LogP contribution in [0.3, 0.4) is 0 Å². The predicted octanol–water partition coefficient (Wildman–Crippen LogP) is 2.28. The van der Waals surface area contributed by atoms with E-state index in [2.05, 4.69) is 0 Å². The molecule has 1 amide bonds. The van der Waals surface area contributed by atoms with Crippen molar-refractivity contribution in [3.63, 3.8) is 0 Å². The lowest BCUT2D eigenvalue weighted by molar-refractivity contribution is -0.129. The number of halogens is 2. The molecule has 0 bridgehead atoms. The van der Waals surface area contributed by atoms with Gasteiger partial charge in [0.2, 0.25) is 5.91 Å². The van der Waals surface area contributed by atoms with E-state index in [1.54, 1.807) is 11.0 Å². The minimum Gasteiger partial charge on any atom is -0.389 e. The van der Waals surface area contributed by atoms with Gasteiger partial charge in [-0.25, -0.2) is 8.78 Å². The molecule has 2 heterocycles. The van der Waals surface area contributed by atoms with E-state index in [0.717, 1.165) is 17.8 Å². The number of hydrogen-bond acceptors (Lipinski definition) is 2. The largest absolute Gasteiger partial charge is 0.389 e. The predicted molar refractivity (Wildman–Crippen MR) is 63.9 cm³/mol. The maximum Gasteiger partial charge on any atom is 0.227 e. The van der Waals surface area contributed by atoms with E-state index >= 15 is 0 Å². The van der Waals surface area contributed by atoms with E-state index in [1.807, 2.05) is 0 Å². The Morgan fingerprint density at radius 1 is 1.21 bits per heavy atom. The van der Waals surface area contributed by atoms with Crippen molar-refractivity contribution < 1.29 is 18.7 Å². The summed E-state index contributed by atoms with van der Waals surface area (Å²) in [6.45, 7) is 0. The first-order valence-electron chi connectivity index (χ1n) is 6.22. The van der Waals surface area contributed by atoms with E-state index in [-0.39, 0.29) is 5.91 Å². The molecule has 0 saturated carbocycles. The van der Waals surface area contributed by atoms with Gasteiger partial charge in [-0.3, -0.25) is 4.79 Å². The summed E-state index contributed by atoms with van der Waals surface area (Å²) in [5.41, 5.74) is 1.29. The lowest BCUT2D eigenvalue weighted by Crippen LogP contribution is -2.35. The van der Waals surface area contributed by atoms with Crippen LogP contribution in [0.4, 0.5) is 8.78 Å². The molecule has 0 aromatic heterocycles.